The Bertz CT molecular complexity index is 444. The minimum Gasteiger partial charge on any atom is -0.395 e. The van der Waals surface area contributed by atoms with E-state index in [4.69, 9.17) is 5.73 Å². The summed E-state index contributed by atoms with van der Waals surface area (Å²) >= 11 is 0. The predicted molar refractivity (Wildman–Crippen MR) is 71.7 cm³/mol. The summed E-state index contributed by atoms with van der Waals surface area (Å²) in [7, 11) is 1.63. The SMILES string of the molecule is CCc1nn(C)c(C(=O)NC(CC)(CO)CO)c1N. The molecule has 0 saturated heterocycles. The molecule has 0 aromatic carbocycles. The van der Waals surface area contributed by atoms with Gasteiger partial charge in [-0.3, -0.25) is 9.48 Å². The van der Waals surface area contributed by atoms with Crippen molar-refractivity contribution < 1.29 is 15.0 Å². The molecule has 1 amide bonds. The molecule has 0 aliphatic heterocycles. The molecule has 0 spiro atoms. The van der Waals surface area contributed by atoms with Crippen LogP contribution in [0.5, 0.6) is 0 Å². The number of hydrogen-bond acceptors (Lipinski definition) is 5. The number of nitrogens with two attached hydrogens (primary N) is 1. The van der Waals surface area contributed by atoms with Gasteiger partial charge in [0, 0.05) is 7.05 Å². The van der Waals surface area contributed by atoms with E-state index in [9.17, 15) is 15.0 Å². The monoisotopic (exact) mass is 270 g/mol. The zero-order chi connectivity index (χ0) is 14.6. The maximum atomic E-state index is 12.2. The van der Waals surface area contributed by atoms with E-state index in [2.05, 4.69) is 10.4 Å². The number of aromatic nitrogens is 2. The number of aliphatic hydroxyl groups is 2. The van der Waals surface area contributed by atoms with E-state index >= 15 is 0 Å². The van der Waals surface area contributed by atoms with Crippen molar-refractivity contribution in [2.45, 2.75) is 32.2 Å². The molecule has 1 aromatic heterocycles. The van der Waals surface area contributed by atoms with Crippen LogP contribution in [0.25, 0.3) is 0 Å². The van der Waals surface area contributed by atoms with E-state index in [0.717, 1.165) is 0 Å². The smallest absolute Gasteiger partial charge is 0.272 e. The summed E-state index contributed by atoms with van der Waals surface area (Å²) in [5.74, 6) is -0.447. The van der Waals surface area contributed by atoms with Crippen molar-refractivity contribution in [1.29, 1.82) is 0 Å². The molecule has 7 nitrogen and oxygen atoms in total. The number of nitrogens with zero attached hydrogens (tertiary/aromatic N) is 2. The van der Waals surface area contributed by atoms with Gasteiger partial charge in [0.2, 0.25) is 0 Å². The average molecular weight is 270 g/mol. The number of rotatable bonds is 6. The maximum absolute atomic E-state index is 12.2. The molecular formula is C12H22N4O3. The second-order valence-corrected chi connectivity index (χ2v) is 4.59. The Kier molecular flexibility index (Phi) is 4.90. The van der Waals surface area contributed by atoms with Gasteiger partial charge < -0.3 is 21.3 Å². The van der Waals surface area contributed by atoms with E-state index in [-0.39, 0.29) is 18.9 Å². The van der Waals surface area contributed by atoms with Crippen molar-refractivity contribution in [2.75, 3.05) is 18.9 Å². The van der Waals surface area contributed by atoms with Crippen molar-refractivity contribution >= 4 is 11.6 Å². The van der Waals surface area contributed by atoms with Gasteiger partial charge in [-0.1, -0.05) is 13.8 Å². The van der Waals surface area contributed by atoms with Crippen molar-refractivity contribution in [3.05, 3.63) is 11.4 Å². The van der Waals surface area contributed by atoms with E-state index < -0.39 is 11.4 Å². The number of aryl methyl sites for hydroxylation is 2. The average Bonchev–Trinajstić information content (AvgIpc) is 2.70. The Morgan fingerprint density at radius 3 is 2.37 bits per heavy atom. The predicted octanol–water partition coefficient (Wildman–Crippen LogP) is -0.572. The summed E-state index contributed by atoms with van der Waals surface area (Å²) in [5, 5.41) is 25.5. The number of amides is 1. The topological polar surface area (TPSA) is 113 Å². The van der Waals surface area contributed by atoms with Crippen LogP contribution < -0.4 is 11.1 Å². The van der Waals surface area contributed by atoms with Crippen molar-refractivity contribution in [3.8, 4) is 0 Å². The van der Waals surface area contributed by atoms with Gasteiger partial charge in [-0.05, 0) is 12.8 Å². The molecule has 1 heterocycles. The number of aliphatic hydroxyl groups excluding tert-OH is 2. The zero-order valence-electron chi connectivity index (χ0n) is 11.6. The molecule has 0 aliphatic carbocycles. The van der Waals surface area contributed by atoms with E-state index in [1.165, 1.54) is 4.68 Å². The van der Waals surface area contributed by atoms with E-state index in [0.29, 0.717) is 24.2 Å². The Morgan fingerprint density at radius 2 is 2.00 bits per heavy atom. The van der Waals surface area contributed by atoms with Gasteiger partial charge in [0.25, 0.3) is 5.91 Å². The summed E-state index contributed by atoms with van der Waals surface area (Å²) < 4.78 is 1.42. The number of carbonyl (C=O) groups excluding carboxylic acids is 1. The minimum atomic E-state index is -1.04. The van der Waals surface area contributed by atoms with Crippen LogP contribution in [0.15, 0.2) is 0 Å². The molecule has 0 unspecified atom stereocenters. The Labute approximate surface area is 112 Å². The molecule has 1 rings (SSSR count). The molecule has 0 fully saturated rings. The quantitative estimate of drug-likeness (QED) is 0.553. The third kappa shape index (κ3) is 2.87. The van der Waals surface area contributed by atoms with Crippen LogP contribution in [0.2, 0.25) is 0 Å². The minimum absolute atomic E-state index is 0.247. The first-order valence-electron chi connectivity index (χ1n) is 6.30. The fraction of sp³-hybridized carbons (Fsp3) is 0.667. The Balaban J connectivity index is 3.04. The number of anilines is 1. The number of hydrogen-bond donors (Lipinski definition) is 4. The van der Waals surface area contributed by atoms with Gasteiger partial charge in [0.15, 0.2) is 0 Å². The third-order valence-corrected chi connectivity index (χ3v) is 3.37. The van der Waals surface area contributed by atoms with Gasteiger partial charge in [0.1, 0.15) is 5.69 Å². The number of nitrogen functional groups attached to an aromatic ring is 1. The van der Waals surface area contributed by atoms with Crippen LogP contribution in [-0.4, -0.2) is 44.7 Å². The van der Waals surface area contributed by atoms with Gasteiger partial charge >= 0.3 is 0 Å². The van der Waals surface area contributed by atoms with Crippen molar-refractivity contribution in [3.63, 3.8) is 0 Å². The standard InChI is InChI=1S/C12H22N4O3/c1-4-8-9(13)10(16(3)15-8)11(19)14-12(5-2,6-17)7-18/h17-18H,4-7,13H2,1-3H3,(H,14,19). The van der Waals surface area contributed by atoms with Crippen LogP contribution in [-0.2, 0) is 13.5 Å². The lowest BCUT2D eigenvalue weighted by atomic mass is 9.98. The van der Waals surface area contributed by atoms with Crippen LogP contribution in [0, 0.1) is 0 Å². The van der Waals surface area contributed by atoms with Gasteiger partial charge in [0.05, 0.1) is 30.1 Å². The van der Waals surface area contributed by atoms with Crippen LogP contribution in [0.4, 0.5) is 5.69 Å². The van der Waals surface area contributed by atoms with Crippen LogP contribution >= 0.6 is 0 Å². The first kappa shape index (κ1) is 15.5. The fourth-order valence-electron chi connectivity index (χ4n) is 1.87. The molecule has 19 heavy (non-hydrogen) atoms. The summed E-state index contributed by atoms with van der Waals surface area (Å²) in [6.07, 6.45) is 1.04. The molecule has 0 atom stereocenters. The summed E-state index contributed by atoms with van der Waals surface area (Å²) in [4.78, 5) is 12.2. The molecule has 5 N–H and O–H groups in total. The molecule has 1 aromatic rings. The largest absolute Gasteiger partial charge is 0.395 e. The van der Waals surface area contributed by atoms with Crippen molar-refractivity contribution in [2.24, 2.45) is 7.05 Å². The lowest BCUT2D eigenvalue weighted by Crippen LogP contribution is -2.54. The van der Waals surface area contributed by atoms with E-state index in [1.807, 2.05) is 6.92 Å². The van der Waals surface area contributed by atoms with Crippen LogP contribution in [0.3, 0.4) is 0 Å². The number of nitrogens with one attached hydrogen (secondary N) is 1. The molecule has 108 valence electrons. The van der Waals surface area contributed by atoms with Gasteiger partial charge in [-0.2, -0.15) is 5.10 Å². The summed E-state index contributed by atoms with van der Waals surface area (Å²) in [5.41, 5.74) is 6.09. The van der Waals surface area contributed by atoms with Gasteiger partial charge in [-0.15, -0.1) is 0 Å². The third-order valence-electron chi connectivity index (χ3n) is 3.37. The second kappa shape index (κ2) is 6.03. The highest BCUT2D eigenvalue weighted by Crippen LogP contribution is 2.18. The lowest BCUT2D eigenvalue weighted by molar-refractivity contribution is 0.0646. The van der Waals surface area contributed by atoms with E-state index in [1.54, 1.807) is 14.0 Å². The molecule has 0 saturated carbocycles. The summed E-state index contributed by atoms with van der Waals surface area (Å²) in [6, 6.07) is 0. The Hall–Kier alpha value is -1.60. The molecule has 0 aliphatic rings. The highest BCUT2D eigenvalue weighted by Gasteiger charge is 2.31. The van der Waals surface area contributed by atoms with Crippen molar-refractivity contribution in [1.82, 2.24) is 15.1 Å². The first-order chi connectivity index (χ1) is 8.94. The number of carbonyl (C=O) groups is 1. The van der Waals surface area contributed by atoms with Crippen LogP contribution in [0.1, 0.15) is 36.5 Å². The molecule has 7 heteroatoms. The highest BCUT2D eigenvalue weighted by molar-refractivity contribution is 5.98. The normalized spacial score (nSPS) is 11.6. The maximum Gasteiger partial charge on any atom is 0.272 e. The molecule has 0 bridgehead atoms. The lowest BCUT2D eigenvalue weighted by Gasteiger charge is -2.29. The highest BCUT2D eigenvalue weighted by atomic mass is 16.3. The fourth-order valence-corrected chi connectivity index (χ4v) is 1.87. The molecular weight excluding hydrogens is 248 g/mol. The zero-order valence-corrected chi connectivity index (χ0v) is 11.6. The molecule has 0 radical (unpaired) electrons. The second-order valence-electron chi connectivity index (χ2n) is 4.59. The summed E-state index contributed by atoms with van der Waals surface area (Å²) in [6.45, 7) is 2.99. The Morgan fingerprint density at radius 1 is 1.42 bits per heavy atom. The van der Waals surface area contributed by atoms with Gasteiger partial charge in [-0.25, -0.2) is 0 Å². The first-order valence-corrected chi connectivity index (χ1v) is 6.30.